The summed E-state index contributed by atoms with van der Waals surface area (Å²) in [6, 6.07) is 8.16. The first-order valence-electron chi connectivity index (χ1n) is 7.70. The SMILES string of the molecule is CCC(CO)(CCCOc1ccc(CCOC)cc1)NC. The number of hydrogen-bond donors (Lipinski definition) is 2. The summed E-state index contributed by atoms with van der Waals surface area (Å²) in [5.74, 6) is 0.895. The molecule has 120 valence electrons. The molecule has 0 aliphatic rings. The highest BCUT2D eigenvalue weighted by Crippen LogP contribution is 2.18. The zero-order valence-corrected chi connectivity index (χ0v) is 13.5. The summed E-state index contributed by atoms with van der Waals surface area (Å²) in [7, 11) is 3.62. The number of aliphatic hydroxyl groups excluding tert-OH is 1. The molecule has 0 spiro atoms. The van der Waals surface area contributed by atoms with Crippen molar-refractivity contribution >= 4 is 0 Å². The van der Waals surface area contributed by atoms with Crippen LogP contribution in [0.15, 0.2) is 24.3 Å². The van der Waals surface area contributed by atoms with Crippen LogP contribution in [-0.4, -0.2) is 44.6 Å². The van der Waals surface area contributed by atoms with E-state index < -0.39 is 0 Å². The molecule has 0 saturated heterocycles. The maximum absolute atomic E-state index is 9.48. The van der Waals surface area contributed by atoms with Crippen molar-refractivity contribution < 1.29 is 14.6 Å². The highest BCUT2D eigenvalue weighted by Gasteiger charge is 2.24. The van der Waals surface area contributed by atoms with Gasteiger partial charge in [0, 0.05) is 12.6 Å². The predicted molar refractivity (Wildman–Crippen MR) is 85.9 cm³/mol. The standard InChI is InChI=1S/C17H29NO3/c1-4-17(14-19,18-2)11-5-12-21-16-8-6-15(7-9-16)10-13-20-3/h6-9,18-19H,4-5,10-14H2,1-3H3. The van der Waals surface area contributed by atoms with E-state index in [1.807, 2.05) is 19.2 Å². The van der Waals surface area contributed by atoms with Gasteiger partial charge in [-0.05, 0) is 50.4 Å². The number of ether oxygens (including phenoxy) is 2. The molecule has 1 aromatic rings. The fourth-order valence-electron chi connectivity index (χ4n) is 2.32. The van der Waals surface area contributed by atoms with Crippen LogP contribution < -0.4 is 10.1 Å². The molecule has 0 aliphatic carbocycles. The first-order valence-corrected chi connectivity index (χ1v) is 7.70. The van der Waals surface area contributed by atoms with Gasteiger partial charge in [-0.25, -0.2) is 0 Å². The van der Waals surface area contributed by atoms with Crippen LogP contribution in [0.5, 0.6) is 5.75 Å². The van der Waals surface area contributed by atoms with Crippen LogP contribution in [0.4, 0.5) is 0 Å². The Morgan fingerprint density at radius 1 is 1.19 bits per heavy atom. The number of aliphatic hydroxyl groups is 1. The van der Waals surface area contributed by atoms with Crippen molar-refractivity contribution in [3.8, 4) is 5.75 Å². The van der Waals surface area contributed by atoms with Crippen LogP contribution >= 0.6 is 0 Å². The van der Waals surface area contributed by atoms with Crippen molar-refractivity contribution in [2.75, 3.05) is 34.0 Å². The van der Waals surface area contributed by atoms with E-state index in [1.54, 1.807) is 7.11 Å². The van der Waals surface area contributed by atoms with Gasteiger partial charge in [0.1, 0.15) is 5.75 Å². The number of likely N-dealkylation sites (N-methyl/N-ethyl adjacent to an activating group) is 1. The summed E-state index contributed by atoms with van der Waals surface area (Å²) in [6.07, 6.45) is 3.66. The molecule has 0 radical (unpaired) electrons. The summed E-state index contributed by atoms with van der Waals surface area (Å²) in [5.41, 5.74) is 1.08. The second kappa shape index (κ2) is 9.77. The smallest absolute Gasteiger partial charge is 0.119 e. The van der Waals surface area contributed by atoms with Gasteiger partial charge in [0.25, 0.3) is 0 Å². The number of benzene rings is 1. The van der Waals surface area contributed by atoms with E-state index in [4.69, 9.17) is 9.47 Å². The molecule has 1 aromatic carbocycles. The van der Waals surface area contributed by atoms with E-state index in [9.17, 15) is 5.11 Å². The van der Waals surface area contributed by atoms with Crippen molar-refractivity contribution in [1.29, 1.82) is 0 Å². The van der Waals surface area contributed by atoms with Crippen molar-refractivity contribution in [1.82, 2.24) is 5.32 Å². The predicted octanol–water partition coefficient (Wildman–Crippen LogP) is 2.40. The Bertz CT molecular complexity index is 366. The fourth-order valence-corrected chi connectivity index (χ4v) is 2.32. The van der Waals surface area contributed by atoms with Crippen molar-refractivity contribution in [2.45, 2.75) is 38.1 Å². The second-order valence-corrected chi connectivity index (χ2v) is 5.38. The van der Waals surface area contributed by atoms with Gasteiger partial charge in [-0.1, -0.05) is 19.1 Å². The molecule has 0 aromatic heterocycles. The summed E-state index contributed by atoms with van der Waals surface area (Å²) < 4.78 is 10.8. The lowest BCUT2D eigenvalue weighted by atomic mass is 9.92. The molecule has 0 amide bonds. The first-order chi connectivity index (χ1) is 10.2. The van der Waals surface area contributed by atoms with Crippen LogP contribution in [0.25, 0.3) is 0 Å². The lowest BCUT2D eigenvalue weighted by Crippen LogP contribution is -2.46. The van der Waals surface area contributed by atoms with Gasteiger partial charge in [0.05, 0.1) is 19.8 Å². The second-order valence-electron chi connectivity index (χ2n) is 5.38. The lowest BCUT2D eigenvalue weighted by Gasteiger charge is -2.30. The molecule has 0 aliphatic heterocycles. The summed E-state index contributed by atoms with van der Waals surface area (Å²) in [4.78, 5) is 0. The number of nitrogens with one attached hydrogen (secondary N) is 1. The molecular formula is C17H29NO3. The Labute approximate surface area is 128 Å². The highest BCUT2D eigenvalue weighted by molar-refractivity contribution is 5.27. The number of hydrogen-bond acceptors (Lipinski definition) is 4. The Morgan fingerprint density at radius 3 is 2.43 bits per heavy atom. The maximum atomic E-state index is 9.48. The largest absolute Gasteiger partial charge is 0.494 e. The Balaban J connectivity index is 2.32. The molecule has 0 saturated carbocycles. The van der Waals surface area contributed by atoms with Crippen molar-refractivity contribution in [3.63, 3.8) is 0 Å². The third kappa shape index (κ3) is 6.04. The van der Waals surface area contributed by atoms with Crippen LogP contribution in [0.3, 0.4) is 0 Å². The average molecular weight is 295 g/mol. The van der Waals surface area contributed by atoms with Gasteiger partial charge in [0.15, 0.2) is 0 Å². The number of rotatable bonds is 11. The molecule has 1 unspecified atom stereocenters. The quantitative estimate of drug-likeness (QED) is 0.616. The van der Waals surface area contributed by atoms with E-state index in [1.165, 1.54) is 5.56 Å². The van der Waals surface area contributed by atoms with Gasteiger partial charge in [-0.3, -0.25) is 0 Å². The molecule has 0 bridgehead atoms. The third-order valence-electron chi connectivity index (χ3n) is 4.10. The van der Waals surface area contributed by atoms with Crippen molar-refractivity contribution in [3.05, 3.63) is 29.8 Å². The number of methoxy groups -OCH3 is 1. The van der Waals surface area contributed by atoms with E-state index in [2.05, 4.69) is 24.4 Å². The molecule has 21 heavy (non-hydrogen) atoms. The Morgan fingerprint density at radius 2 is 1.90 bits per heavy atom. The van der Waals surface area contributed by atoms with Crippen molar-refractivity contribution in [2.24, 2.45) is 0 Å². The molecule has 1 rings (SSSR count). The Kier molecular flexibility index (Phi) is 8.35. The molecule has 4 nitrogen and oxygen atoms in total. The van der Waals surface area contributed by atoms with Gasteiger partial charge in [-0.15, -0.1) is 0 Å². The van der Waals surface area contributed by atoms with Crippen LogP contribution in [0.1, 0.15) is 31.7 Å². The first kappa shape index (κ1) is 18.0. The maximum Gasteiger partial charge on any atom is 0.119 e. The van der Waals surface area contributed by atoms with Crippen LogP contribution in [0, 0.1) is 0 Å². The molecule has 2 N–H and O–H groups in total. The van der Waals surface area contributed by atoms with Gasteiger partial charge in [0.2, 0.25) is 0 Å². The zero-order valence-electron chi connectivity index (χ0n) is 13.5. The van der Waals surface area contributed by atoms with E-state index in [0.29, 0.717) is 6.61 Å². The molecule has 1 atom stereocenters. The van der Waals surface area contributed by atoms with Crippen LogP contribution in [-0.2, 0) is 11.2 Å². The normalized spacial score (nSPS) is 13.9. The highest BCUT2D eigenvalue weighted by atomic mass is 16.5. The molecule has 4 heteroatoms. The minimum absolute atomic E-state index is 0.161. The minimum Gasteiger partial charge on any atom is -0.494 e. The van der Waals surface area contributed by atoms with Gasteiger partial charge >= 0.3 is 0 Å². The monoisotopic (exact) mass is 295 g/mol. The zero-order chi connectivity index (χ0) is 15.6. The molecule has 0 heterocycles. The summed E-state index contributed by atoms with van der Waals surface area (Å²) >= 11 is 0. The van der Waals surface area contributed by atoms with Gasteiger partial charge < -0.3 is 19.9 Å². The lowest BCUT2D eigenvalue weighted by molar-refractivity contribution is 0.145. The third-order valence-corrected chi connectivity index (χ3v) is 4.10. The minimum atomic E-state index is -0.173. The topological polar surface area (TPSA) is 50.7 Å². The molecule has 0 fully saturated rings. The summed E-state index contributed by atoms with van der Waals surface area (Å²) in [5, 5.41) is 12.7. The molecular weight excluding hydrogens is 266 g/mol. The van der Waals surface area contributed by atoms with E-state index in [-0.39, 0.29) is 12.1 Å². The van der Waals surface area contributed by atoms with E-state index in [0.717, 1.165) is 38.0 Å². The van der Waals surface area contributed by atoms with Crippen LogP contribution in [0.2, 0.25) is 0 Å². The fraction of sp³-hybridized carbons (Fsp3) is 0.647. The van der Waals surface area contributed by atoms with E-state index >= 15 is 0 Å². The average Bonchev–Trinajstić information content (AvgIpc) is 2.55. The summed E-state index contributed by atoms with van der Waals surface area (Å²) in [6.45, 7) is 3.66. The van der Waals surface area contributed by atoms with Gasteiger partial charge in [-0.2, -0.15) is 0 Å². The Hall–Kier alpha value is -1.10.